The number of nitrogens with zero attached hydrogens (tertiary/aromatic N) is 1. The van der Waals surface area contributed by atoms with Crippen LogP contribution in [0.4, 0.5) is 0 Å². The lowest BCUT2D eigenvalue weighted by molar-refractivity contribution is 0.669. The van der Waals surface area contributed by atoms with Crippen molar-refractivity contribution >= 4 is 54.5 Å². The van der Waals surface area contributed by atoms with Crippen LogP contribution in [0, 0.1) is 0 Å². The number of aromatic nitrogens is 1. The van der Waals surface area contributed by atoms with Crippen molar-refractivity contribution < 1.29 is 4.42 Å². The highest BCUT2D eigenvalue weighted by Gasteiger charge is 2.15. The van der Waals surface area contributed by atoms with Crippen LogP contribution in [0.25, 0.3) is 82.5 Å². The number of para-hydroxylation sites is 2. The normalized spacial score (nSPS) is 11.8. The number of benzene rings is 7. The van der Waals surface area contributed by atoms with Gasteiger partial charge in [0.15, 0.2) is 0 Å². The van der Waals surface area contributed by atoms with Crippen molar-refractivity contribution in [2.45, 2.75) is 0 Å². The molecule has 2 heteroatoms. The van der Waals surface area contributed by atoms with Crippen LogP contribution in [0.2, 0.25) is 0 Å². The number of hydrogen-bond acceptors (Lipinski definition) is 1. The van der Waals surface area contributed by atoms with Crippen LogP contribution in [-0.2, 0) is 0 Å². The second-order valence-corrected chi connectivity index (χ2v) is 11.0. The van der Waals surface area contributed by atoms with Crippen LogP contribution in [0.5, 0.6) is 0 Å². The summed E-state index contributed by atoms with van der Waals surface area (Å²) >= 11 is 0. The van der Waals surface area contributed by atoms with Gasteiger partial charge in [0, 0.05) is 26.9 Å². The van der Waals surface area contributed by atoms with Gasteiger partial charge in [0.05, 0.1) is 16.7 Å². The summed E-state index contributed by atoms with van der Waals surface area (Å²) in [5.41, 5.74) is 10.3. The van der Waals surface area contributed by atoms with E-state index in [4.69, 9.17) is 4.42 Å². The average Bonchev–Trinajstić information content (AvgIpc) is 3.59. The van der Waals surface area contributed by atoms with E-state index in [0.29, 0.717) is 0 Å². The van der Waals surface area contributed by atoms with Gasteiger partial charge in [-0.25, -0.2) is 0 Å². The van der Waals surface area contributed by atoms with Crippen molar-refractivity contribution in [2.24, 2.45) is 0 Å². The summed E-state index contributed by atoms with van der Waals surface area (Å²) in [7, 11) is 0. The Balaban J connectivity index is 1.21. The molecule has 0 aliphatic heterocycles. The molecule has 0 aliphatic carbocycles. The predicted octanol–water partition coefficient (Wildman–Crippen LogP) is 11.2. The Bertz CT molecular complexity index is 2470. The van der Waals surface area contributed by atoms with Crippen molar-refractivity contribution in [3.63, 3.8) is 0 Å². The SMILES string of the molecule is c1cc(-c2ccc3oc4ccccc4c3c2)cc(-c2ccc3c(c2)c2ccccc2n3-c2cccc3ccccc23)c1. The zero-order valence-corrected chi connectivity index (χ0v) is 22.8. The zero-order chi connectivity index (χ0) is 27.6. The molecule has 0 amide bonds. The van der Waals surface area contributed by atoms with Gasteiger partial charge in [-0.2, -0.15) is 0 Å². The Morgan fingerprint density at radius 1 is 0.357 bits per heavy atom. The summed E-state index contributed by atoms with van der Waals surface area (Å²) in [6, 6.07) is 54.4. The van der Waals surface area contributed by atoms with Crippen LogP contribution >= 0.6 is 0 Å². The Labute approximate surface area is 242 Å². The molecule has 0 bridgehead atoms. The topological polar surface area (TPSA) is 18.1 Å². The lowest BCUT2D eigenvalue weighted by atomic mass is 9.97. The summed E-state index contributed by atoms with van der Waals surface area (Å²) in [6.07, 6.45) is 0. The highest BCUT2D eigenvalue weighted by atomic mass is 16.3. The van der Waals surface area contributed by atoms with Crippen molar-refractivity contribution in [1.29, 1.82) is 0 Å². The van der Waals surface area contributed by atoms with Crippen LogP contribution in [0.1, 0.15) is 0 Å². The van der Waals surface area contributed by atoms with E-state index in [0.717, 1.165) is 21.9 Å². The lowest BCUT2D eigenvalue weighted by Gasteiger charge is -2.12. The first-order chi connectivity index (χ1) is 20.8. The minimum atomic E-state index is 0.921. The van der Waals surface area contributed by atoms with Gasteiger partial charge in [0.25, 0.3) is 0 Å². The van der Waals surface area contributed by atoms with Gasteiger partial charge in [-0.3, -0.25) is 0 Å². The van der Waals surface area contributed by atoms with Crippen LogP contribution in [0.3, 0.4) is 0 Å². The summed E-state index contributed by atoms with van der Waals surface area (Å²) in [6.45, 7) is 0. The Kier molecular flexibility index (Phi) is 4.93. The predicted molar refractivity (Wildman–Crippen MR) is 176 cm³/mol. The van der Waals surface area contributed by atoms with Gasteiger partial charge in [-0.15, -0.1) is 0 Å². The molecule has 7 aromatic carbocycles. The average molecular weight is 536 g/mol. The first-order valence-corrected chi connectivity index (χ1v) is 14.4. The fourth-order valence-electron chi connectivity index (χ4n) is 6.60. The quantitative estimate of drug-likeness (QED) is 0.220. The van der Waals surface area contributed by atoms with Gasteiger partial charge in [-0.1, -0.05) is 103 Å². The highest BCUT2D eigenvalue weighted by Crippen LogP contribution is 2.38. The second kappa shape index (κ2) is 8.95. The second-order valence-electron chi connectivity index (χ2n) is 11.0. The summed E-state index contributed by atoms with van der Waals surface area (Å²) < 4.78 is 8.48. The smallest absolute Gasteiger partial charge is 0.135 e. The van der Waals surface area contributed by atoms with Gasteiger partial charge in [0.1, 0.15) is 11.2 Å². The maximum absolute atomic E-state index is 6.07. The van der Waals surface area contributed by atoms with Gasteiger partial charge in [-0.05, 0) is 76.2 Å². The molecule has 0 N–H and O–H groups in total. The molecule has 0 saturated carbocycles. The van der Waals surface area contributed by atoms with Crippen molar-refractivity contribution in [3.05, 3.63) is 152 Å². The number of fused-ring (bicyclic) bond motifs is 7. The molecule has 0 unspecified atom stereocenters. The summed E-state index contributed by atoms with van der Waals surface area (Å²) in [5.74, 6) is 0. The van der Waals surface area contributed by atoms with E-state index in [2.05, 4.69) is 144 Å². The molecule has 0 fully saturated rings. The largest absolute Gasteiger partial charge is 0.456 e. The van der Waals surface area contributed by atoms with Crippen LogP contribution in [0.15, 0.2) is 156 Å². The van der Waals surface area contributed by atoms with E-state index in [-0.39, 0.29) is 0 Å². The molecule has 42 heavy (non-hydrogen) atoms. The molecular formula is C40H25NO. The minimum Gasteiger partial charge on any atom is -0.456 e. The van der Waals surface area contributed by atoms with Gasteiger partial charge < -0.3 is 8.98 Å². The van der Waals surface area contributed by atoms with Crippen molar-refractivity contribution in [3.8, 4) is 27.9 Å². The van der Waals surface area contributed by atoms with E-state index >= 15 is 0 Å². The fourth-order valence-corrected chi connectivity index (χ4v) is 6.60. The molecular weight excluding hydrogens is 510 g/mol. The molecule has 0 atom stereocenters. The number of hydrogen-bond donors (Lipinski definition) is 0. The van der Waals surface area contributed by atoms with Crippen molar-refractivity contribution in [2.75, 3.05) is 0 Å². The Hall–Kier alpha value is -5.60. The molecule has 9 rings (SSSR count). The third kappa shape index (κ3) is 3.45. The zero-order valence-electron chi connectivity index (χ0n) is 22.8. The fraction of sp³-hybridized carbons (Fsp3) is 0. The lowest BCUT2D eigenvalue weighted by Crippen LogP contribution is -1.95. The van der Waals surface area contributed by atoms with E-state index in [1.165, 1.54) is 60.5 Å². The Morgan fingerprint density at radius 2 is 0.952 bits per heavy atom. The van der Waals surface area contributed by atoms with E-state index in [1.54, 1.807) is 0 Å². The molecule has 0 aliphatic rings. The van der Waals surface area contributed by atoms with E-state index in [1.807, 2.05) is 12.1 Å². The molecule has 0 spiro atoms. The standard InChI is InChI=1S/C40H25NO/c1-2-13-31-26(9-1)10-8-17-36(31)41-37-16-5-3-14-32(37)34-24-29(19-21-38(34)41)27-11-7-12-28(23-27)30-20-22-40-35(25-30)33-15-4-6-18-39(33)42-40/h1-25H. The first-order valence-electron chi connectivity index (χ1n) is 14.4. The summed E-state index contributed by atoms with van der Waals surface area (Å²) in [5, 5.41) is 7.32. The molecule has 2 aromatic heterocycles. The molecule has 0 radical (unpaired) electrons. The number of rotatable bonds is 3. The molecule has 196 valence electrons. The van der Waals surface area contributed by atoms with E-state index in [9.17, 15) is 0 Å². The molecule has 2 heterocycles. The summed E-state index contributed by atoms with van der Waals surface area (Å²) in [4.78, 5) is 0. The monoisotopic (exact) mass is 535 g/mol. The van der Waals surface area contributed by atoms with Gasteiger partial charge >= 0.3 is 0 Å². The third-order valence-electron chi connectivity index (χ3n) is 8.59. The highest BCUT2D eigenvalue weighted by molar-refractivity contribution is 6.12. The third-order valence-corrected chi connectivity index (χ3v) is 8.59. The van der Waals surface area contributed by atoms with Crippen LogP contribution < -0.4 is 0 Å². The maximum atomic E-state index is 6.07. The van der Waals surface area contributed by atoms with Crippen LogP contribution in [-0.4, -0.2) is 4.57 Å². The maximum Gasteiger partial charge on any atom is 0.135 e. The van der Waals surface area contributed by atoms with E-state index < -0.39 is 0 Å². The number of furan rings is 1. The van der Waals surface area contributed by atoms with Gasteiger partial charge in [0.2, 0.25) is 0 Å². The molecule has 2 nitrogen and oxygen atoms in total. The molecule has 9 aromatic rings. The van der Waals surface area contributed by atoms with Crippen molar-refractivity contribution in [1.82, 2.24) is 4.57 Å². The first kappa shape index (κ1) is 23.1. The molecule has 0 saturated heterocycles. The minimum absolute atomic E-state index is 0.921. The Morgan fingerprint density at radius 3 is 1.83 bits per heavy atom.